The molecule has 2 rings (SSSR count). The summed E-state index contributed by atoms with van der Waals surface area (Å²) in [7, 11) is 0. The van der Waals surface area contributed by atoms with Crippen molar-refractivity contribution in [2.75, 3.05) is 13.1 Å². The number of hydrogen-bond donors (Lipinski definition) is 2. The maximum absolute atomic E-state index is 13.5. The fraction of sp³-hybridized carbons (Fsp3) is 0.533. The molecule has 1 heterocycles. The van der Waals surface area contributed by atoms with Crippen LogP contribution in [0.4, 0.5) is 4.39 Å². The Balaban J connectivity index is 0.00000220. The van der Waals surface area contributed by atoms with Gasteiger partial charge in [-0.3, -0.25) is 4.79 Å². The van der Waals surface area contributed by atoms with E-state index in [-0.39, 0.29) is 30.1 Å². The molecule has 6 heteroatoms. The molecule has 0 aliphatic carbocycles. The third kappa shape index (κ3) is 5.17. The van der Waals surface area contributed by atoms with Gasteiger partial charge in [0.2, 0.25) is 0 Å². The summed E-state index contributed by atoms with van der Waals surface area (Å²) in [6, 6.07) is 6.28. The summed E-state index contributed by atoms with van der Waals surface area (Å²) in [5, 5.41) is 6.20. The van der Waals surface area contributed by atoms with E-state index < -0.39 is 11.9 Å². The molecule has 1 aromatic rings. The smallest absolute Gasteiger partial charge is 0.261 e. The summed E-state index contributed by atoms with van der Waals surface area (Å²) < 4.78 is 19.0. The highest BCUT2D eigenvalue weighted by Gasteiger charge is 2.23. The van der Waals surface area contributed by atoms with Gasteiger partial charge in [-0.25, -0.2) is 4.39 Å². The van der Waals surface area contributed by atoms with Crippen LogP contribution in [0.5, 0.6) is 5.75 Å². The van der Waals surface area contributed by atoms with Crippen LogP contribution in [0.15, 0.2) is 24.3 Å². The molecule has 118 valence electrons. The van der Waals surface area contributed by atoms with E-state index >= 15 is 0 Å². The van der Waals surface area contributed by atoms with Gasteiger partial charge < -0.3 is 15.4 Å². The summed E-state index contributed by atoms with van der Waals surface area (Å²) in [5.74, 6) is -0.501. The summed E-state index contributed by atoms with van der Waals surface area (Å²) in [4.78, 5) is 12.2. The fourth-order valence-electron chi connectivity index (χ4n) is 2.28. The van der Waals surface area contributed by atoms with E-state index in [1.165, 1.54) is 12.1 Å². The molecule has 2 atom stereocenters. The molecule has 1 fully saturated rings. The number of benzene rings is 1. The number of rotatable bonds is 5. The van der Waals surface area contributed by atoms with Crippen molar-refractivity contribution in [2.45, 2.75) is 38.3 Å². The van der Waals surface area contributed by atoms with E-state index in [9.17, 15) is 9.18 Å². The number of piperidine rings is 1. The molecule has 1 aliphatic rings. The molecule has 1 aliphatic heterocycles. The molecule has 0 radical (unpaired) electrons. The third-order valence-electron chi connectivity index (χ3n) is 3.41. The summed E-state index contributed by atoms with van der Waals surface area (Å²) >= 11 is 0. The van der Waals surface area contributed by atoms with E-state index in [0.717, 1.165) is 25.9 Å². The Bertz CT molecular complexity index is 453. The minimum atomic E-state index is -0.658. The Kier molecular flexibility index (Phi) is 7.47. The van der Waals surface area contributed by atoms with Gasteiger partial charge in [0.25, 0.3) is 5.91 Å². The summed E-state index contributed by atoms with van der Waals surface area (Å²) in [5.41, 5.74) is 0. The van der Waals surface area contributed by atoms with Gasteiger partial charge in [0, 0.05) is 12.6 Å². The number of amides is 1. The molecule has 0 spiro atoms. The number of carbonyl (C=O) groups is 1. The zero-order chi connectivity index (χ0) is 14.4. The molecule has 1 amide bonds. The van der Waals surface area contributed by atoms with Crippen molar-refractivity contribution in [1.82, 2.24) is 10.6 Å². The number of nitrogens with one attached hydrogen (secondary N) is 2. The van der Waals surface area contributed by atoms with Crippen molar-refractivity contribution < 1.29 is 13.9 Å². The van der Waals surface area contributed by atoms with Crippen LogP contribution >= 0.6 is 12.4 Å². The van der Waals surface area contributed by atoms with Crippen molar-refractivity contribution in [3.8, 4) is 5.75 Å². The van der Waals surface area contributed by atoms with Crippen LogP contribution in [-0.4, -0.2) is 31.1 Å². The van der Waals surface area contributed by atoms with E-state index in [4.69, 9.17) is 4.74 Å². The van der Waals surface area contributed by atoms with E-state index in [2.05, 4.69) is 10.6 Å². The van der Waals surface area contributed by atoms with E-state index in [0.29, 0.717) is 6.42 Å². The lowest BCUT2D eigenvalue weighted by Gasteiger charge is -2.26. The molecular weight excluding hydrogens is 295 g/mol. The lowest BCUT2D eigenvalue weighted by atomic mass is 10.1. The zero-order valence-electron chi connectivity index (χ0n) is 12.1. The van der Waals surface area contributed by atoms with Crippen LogP contribution in [0.1, 0.15) is 26.2 Å². The van der Waals surface area contributed by atoms with Crippen LogP contribution in [0, 0.1) is 5.82 Å². The highest BCUT2D eigenvalue weighted by molar-refractivity contribution is 5.85. The first-order valence-electron chi connectivity index (χ1n) is 7.13. The van der Waals surface area contributed by atoms with Crippen LogP contribution < -0.4 is 15.4 Å². The Morgan fingerprint density at radius 3 is 2.90 bits per heavy atom. The van der Waals surface area contributed by atoms with Gasteiger partial charge in [0.15, 0.2) is 17.7 Å². The Labute approximate surface area is 130 Å². The van der Waals surface area contributed by atoms with Crippen molar-refractivity contribution in [1.29, 1.82) is 0 Å². The van der Waals surface area contributed by atoms with Crippen LogP contribution in [0.2, 0.25) is 0 Å². The van der Waals surface area contributed by atoms with Crippen molar-refractivity contribution in [3.05, 3.63) is 30.1 Å². The summed E-state index contributed by atoms with van der Waals surface area (Å²) in [6.07, 6.45) is 1.86. The van der Waals surface area contributed by atoms with Gasteiger partial charge in [-0.2, -0.15) is 0 Å². The molecular formula is C15H22ClFN2O2. The highest BCUT2D eigenvalue weighted by Crippen LogP contribution is 2.18. The van der Waals surface area contributed by atoms with Gasteiger partial charge in [-0.05, 0) is 37.9 Å². The lowest BCUT2D eigenvalue weighted by molar-refractivity contribution is -0.129. The highest BCUT2D eigenvalue weighted by atomic mass is 35.5. The molecule has 1 unspecified atom stereocenters. The van der Waals surface area contributed by atoms with Gasteiger partial charge in [0.1, 0.15) is 0 Å². The predicted molar refractivity (Wildman–Crippen MR) is 82.4 cm³/mol. The minimum Gasteiger partial charge on any atom is -0.478 e. The number of hydrogen-bond acceptors (Lipinski definition) is 3. The monoisotopic (exact) mass is 316 g/mol. The molecule has 2 N–H and O–H groups in total. The van der Waals surface area contributed by atoms with E-state index in [1.54, 1.807) is 12.1 Å². The predicted octanol–water partition coefficient (Wildman–Crippen LogP) is 2.27. The van der Waals surface area contributed by atoms with Crippen LogP contribution in [0.3, 0.4) is 0 Å². The molecule has 1 aromatic carbocycles. The van der Waals surface area contributed by atoms with Gasteiger partial charge >= 0.3 is 0 Å². The van der Waals surface area contributed by atoms with Crippen molar-refractivity contribution in [2.24, 2.45) is 0 Å². The molecule has 0 saturated carbocycles. The molecule has 21 heavy (non-hydrogen) atoms. The van der Waals surface area contributed by atoms with Crippen LogP contribution in [0.25, 0.3) is 0 Å². The Morgan fingerprint density at radius 2 is 2.29 bits per heavy atom. The third-order valence-corrected chi connectivity index (χ3v) is 3.41. The average Bonchev–Trinajstić information content (AvgIpc) is 2.47. The minimum absolute atomic E-state index is 0. The van der Waals surface area contributed by atoms with Crippen molar-refractivity contribution >= 4 is 18.3 Å². The Hall–Kier alpha value is -1.33. The largest absolute Gasteiger partial charge is 0.478 e. The molecule has 0 aromatic heterocycles. The topological polar surface area (TPSA) is 50.4 Å². The lowest BCUT2D eigenvalue weighted by Crippen LogP contribution is -2.49. The van der Waals surface area contributed by atoms with Gasteiger partial charge in [-0.15, -0.1) is 12.4 Å². The number of para-hydroxylation sites is 1. The second-order valence-corrected chi connectivity index (χ2v) is 5.00. The number of halogens is 2. The van der Waals surface area contributed by atoms with Gasteiger partial charge in [0.05, 0.1) is 0 Å². The van der Waals surface area contributed by atoms with E-state index in [1.807, 2.05) is 6.92 Å². The second-order valence-electron chi connectivity index (χ2n) is 5.00. The first-order valence-corrected chi connectivity index (χ1v) is 7.13. The second kappa shape index (κ2) is 8.85. The standard InChI is InChI=1S/C15H21FN2O2.ClH/c1-2-13(20-14-8-4-3-7-12(14)16)15(19)18-11-6-5-9-17-10-11;/h3-4,7-8,11,13,17H,2,5-6,9-10H2,1H3,(H,18,19);1H/t11-,13?;/m0./s1. The quantitative estimate of drug-likeness (QED) is 0.876. The molecule has 4 nitrogen and oxygen atoms in total. The zero-order valence-corrected chi connectivity index (χ0v) is 12.9. The maximum atomic E-state index is 13.5. The first kappa shape index (κ1) is 17.7. The number of ether oxygens (including phenoxy) is 1. The average molecular weight is 317 g/mol. The maximum Gasteiger partial charge on any atom is 0.261 e. The normalized spacial score (nSPS) is 19.2. The first-order chi connectivity index (χ1) is 9.70. The fourth-order valence-corrected chi connectivity index (χ4v) is 2.28. The van der Waals surface area contributed by atoms with Gasteiger partial charge in [-0.1, -0.05) is 19.1 Å². The summed E-state index contributed by atoms with van der Waals surface area (Å²) in [6.45, 7) is 3.63. The Morgan fingerprint density at radius 1 is 1.52 bits per heavy atom. The van der Waals surface area contributed by atoms with Crippen LogP contribution in [-0.2, 0) is 4.79 Å². The SMILES string of the molecule is CCC(Oc1ccccc1F)C(=O)N[C@H]1CCCNC1.Cl. The van der Waals surface area contributed by atoms with Crippen molar-refractivity contribution in [3.63, 3.8) is 0 Å². The molecule has 1 saturated heterocycles. The molecule has 0 bridgehead atoms. The number of carbonyl (C=O) groups excluding carboxylic acids is 1.